The summed E-state index contributed by atoms with van der Waals surface area (Å²) in [4.78, 5) is 0. The van der Waals surface area contributed by atoms with Crippen LogP contribution in [-0.4, -0.2) is 0 Å². The lowest BCUT2D eigenvalue weighted by molar-refractivity contribution is 0.972. The molecule has 0 unspecified atom stereocenters. The van der Waals surface area contributed by atoms with Crippen LogP contribution < -0.4 is 0 Å². The smallest absolute Gasteiger partial charge is 0.130 e. The van der Waals surface area contributed by atoms with Crippen LogP contribution in [0.3, 0.4) is 0 Å². The standard InChI is InChI=1S/C12H10.C4H4N2/c1-3-7-11(8-4-1)12-9-5-2-6-10-12;1-4(2-5)3-6/h1-10H;4H,1H3. The summed E-state index contributed by atoms with van der Waals surface area (Å²) in [5.74, 6) is -0.454. The fraction of sp³-hybridized carbons (Fsp3) is 0.125. The highest BCUT2D eigenvalue weighted by Crippen LogP contribution is 2.17. The van der Waals surface area contributed by atoms with Gasteiger partial charge < -0.3 is 0 Å². The highest BCUT2D eigenvalue weighted by Gasteiger charge is 1.91. The number of nitrogens with zero attached hydrogens (tertiary/aromatic N) is 2. The second-order valence-electron chi connectivity index (χ2n) is 3.71. The van der Waals surface area contributed by atoms with E-state index < -0.39 is 5.92 Å². The molecule has 18 heavy (non-hydrogen) atoms. The monoisotopic (exact) mass is 234 g/mol. The van der Waals surface area contributed by atoms with Crippen molar-refractivity contribution in [1.82, 2.24) is 0 Å². The summed E-state index contributed by atoms with van der Waals surface area (Å²) in [6, 6.07) is 24.3. The maximum absolute atomic E-state index is 7.86. The minimum atomic E-state index is -0.454. The van der Waals surface area contributed by atoms with Gasteiger partial charge in [-0.2, -0.15) is 10.5 Å². The molecule has 0 aliphatic rings. The maximum Gasteiger partial charge on any atom is 0.130 e. The Labute approximate surface area is 108 Å². The first-order valence-corrected chi connectivity index (χ1v) is 5.67. The molecule has 0 heterocycles. The van der Waals surface area contributed by atoms with E-state index in [1.165, 1.54) is 11.1 Å². The Morgan fingerprint density at radius 3 is 1.28 bits per heavy atom. The van der Waals surface area contributed by atoms with Crippen molar-refractivity contribution in [3.8, 4) is 23.3 Å². The molecule has 0 aliphatic carbocycles. The average molecular weight is 234 g/mol. The molecular weight excluding hydrogens is 220 g/mol. The molecule has 88 valence electrons. The van der Waals surface area contributed by atoms with Crippen LogP contribution in [0.5, 0.6) is 0 Å². The Kier molecular flexibility index (Phi) is 5.73. The van der Waals surface area contributed by atoms with Crippen LogP contribution >= 0.6 is 0 Å². The fourth-order valence-corrected chi connectivity index (χ4v) is 1.29. The van der Waals surface area contributed by atoms with E-state index in [1.807, 2.05) is 12.1 Å². The van der Waals surface area contributed by atoms with Gasteiger partial charge in [0.25, 0.3) is 0 Å². The first kappa shape index (κ1) is 13.5. The van der Waals surface area contributed by atoms with Gasteiger partial charge in [0, 0.05) is 0 Å². The zero-order valence-electron chi connectivity index (χ0n) is 10.2. The molecule has 2 rings (SSSR count). The SMILES string of the molecule is CC(C#N)C#N.c1ccc(-c2ccccc2)cc1. The van der Waals surface area contributed by atoms with E-state index in [0.29, 0.717) is 0 Å². The molecule has 0 bridgehead atoms. The van der Waals surface area contributed by atoms with Crippen LogP contribution in [-0.2, 0) is 0 Å². The maximum atomic E-state index is 7.86. The number of hydrogen-bond acceptors (Lipinski definition) is 2. The van der Waals surface area contributed by atoms with E-state index in [4.69, 9.17) is 10.5 Å². The summed E-state index contributed by atoms with van der Waals surface area (Å²) in [6.45, 7) is 1.56. The minimum Gasteiger partial charge on any atom is -0.197 e. The zero-order chi connectivity index (χ0) is 13.2. The Hall–Kier alpha value is -2.58. The van der Waals surface area contributed by atoms with Crippen molar-refractivity contribution in [3.05, 3.63) is 60.7 Å². The number of benzene rings is 2. The van der Waals surface area contributed by atoms with Gasteiger partial charge in [0.05, 0.1) is 12.1 Å². The summed E-state index contributed by atoms with van der Waals surface area (Å²) in [5.41, 5.74) is 2.55. The lowest BCUT2D eigenvalue weighted by Gasteiger charge is -1.98. The van der Waals surface area contributed by atoms with Gasteiger partial charge in [-0.1, -0.05) is 60.7 Å². The topological polar surface area (TPSA) is 47.6 Å². The van der Waals surface area contributed by atoms with Gasteiger partial charge in [-0.3, -0.25) is 0 Å². The lowest BCUT2D eigenvalue weighted by atomic mass is 10.1. The van der Waals surface area contributed by atoms with Crippen molar-refractivity contribution in [1.29, 1.82) is 10.5 Å². The van der Waals surface area contributed by atoms with Crippen LogP contribution in [0.4, 0.5) is 0 Å². The van der Waals surface area contributed by atoms with Crippen LogP contribution in [0.15, 0.2) is 60.7 Å². The molecule has 2 aromatic carbocycles. The third-order valence-corrected chi connectivity index (χ3v) is 2.27. The van der Waals surface area contributed by atoms with Gasteiger partial charge in [-0.25, -0.2) is 0 Å². The molecule has 0 amide bonds. The van der Waals surface area contributed by atoms with Crippen molar-refractivity contribution < 1.29 is 0 Å². The Bertz CT molecular complexity index is 481. The lowest BCUT2D eigenvalue weighted by Crippen LogP contribution is -1.78. The van der Waals surface area contributed by atoms with Gasteiger partial charge >= 0.3 is 0 Å². The van der Waals surface area contributed by atoms with E-state index >= 15 is 0 Å². The van der Waals surface area contributed by atoms with E-state index in [0.717, 1.165) is 0 Å². The highest BCUT2D eigenvalue weighted by molar-refractivity contribution is 5.62. The van der Waals surface area contributed by atoms with Crippen molar-refractivity contribution in [2.24, 2.45) is 5.92 Å². The summed E-state index contributed by atoms with van der Waals surface area (Å²) < 4.78 is 0. The van der Waals surface area contributed by atoms with Crippen molar-refractivity contribution in [3.63, 3.8) is 0 Å². The molecular formula is C16H14N2. The molecule has 0 spiro atoms. The van der Waals surface area contributed by atoms with E-state index in [9.17, 15) is 0 Å². The minimum absolute atomic E-state index is 0.454. The molecule has 0 radical (unpaired) electrons. The molecule has 0 N–H and O–H groups in total. The summed E-state index contributed by atoms with van der Waals surface area (Å²) in [6.07, 6.45) is 0. The Morgan fingerprint density at radius 2 is 1.06 bits per heavy atom. The number of nitriles is 2. The van der Waals surface area contributed by atoms with Crippen LogP contribution in [0, 0.1) is 28.6 Å². The fourth-order valence-electron chi connectivity index (χ4n) is 1.29. The molecule has 0 aromatic heterocycles. The van der Waals surface area contributed by atoms with E-state index in [1.54, 1.807) is 19.1 Å². The number of rotatable bonds is 1. The summed E-state index contributed by atoms with van der Waals surface area (Å²) in [7, 11) is 0. The highest BCUT2D eigenvalue weighted by atomic mass is 14.3. The van der Waals surface area contributed by atoms with Gasteiger partial charge in [-0.05, 0) is 18.1 Å². The molecule has 0 atom stereocenters. The molecule has 0 saturated carbocycles. The van der Waals surface area contributed by atoms with E-state index in [-0.39, 0.29) is 0 Å². The normalized spacial score (nSPS) is 8.67. The summed E-state index contributed by atoms with van der Waals surface area (Å²) >= 11 is 0. The third kappa shape index (κ3) is 4.51. The second-order valence-corrected chi connectivity index (χ2v) is 3.71. The molecule has 0 aliphatic heterocycles. The van der Waals surface area contributed by atoms with Crippen molar-refractivity contribution in [2.45, 2.75) is 6.92 Å². The predicted molar refractivity (Wildman–Crippen MR) is 72.3 cm³/mol. The average Bonchev–Trinajstić information content (AvgIpc) is 2.49. The third-order valence-electron chi connectivity index (χ3n) is 2.27. The first-order chi connectivity index (χ1) is 8.77. The van der Waals surface area contributed by atoms with Crippen LogP contribution in [0.25, 0.3) is 11.1 Å². The molecule has 2 nitrogen and oxygen atoms in total. The van der Waals surface area contributed by atoms with Gasteiger partial charge in [0.15, 0.2) is 0 Å². The molecule has 0 fully saturated rings. The summed E-state index contributed by atoms with van der Waals surface area (Å²) in [5, 5.41) is 15.7. The van der Waals surface area contributed by atoms with Crippen LogP contribution in [0.1, 0.15) is 6.92 Å². The molecule has 0 saturated heterocycles. The van der Waals surface area contributed by atoms with Gasteiger partial charge in [0.2, 0.25) is 0 Å². The largest absolute Gasteiger partial charge is 0.197 e. The van der Waals surface area contributed by atoms with Crippen molar-refractivity contribution >= 4 is 0 Å². The quantitative estimate of drug-likeness (QED) is 0.748. The first-order valence-electron chi connectivity index (χ1n) is 5.67. The Balaban J connectivity index is 0.000000232. The molecule has 2 aromatic rings. The van der Waals surface area contributed by atoms with Crippen molar-refractivity contribution in [2.75, 3.05) is 0 Å². The Morgan fingerprint density at radius 1 is 0.722 bits per heavy atom. The zero-order valence-corrected chi connectivity index (χ0v) is 10.2. The van der Waals surface area contributed by atoms with Gasteiger partial charge in [-0.15, -0.1) is 0 Å². The predicted octanol–water partition coefficient (Wildman–Crippen LogP) is 4.02. The number of hydrogen-bond donors (Lipinski definition) is 0. The molecule has 2 heteroatoms. The second kappa shape index (κ2) is 7.65. The van der Waals surface area contributed by atoms with Crippen LogP contribution in [0.2, 0.25) is 0 Å². The van der Waals surface area contributed by atoms with E-state index in [2.05, 4.69) is 48.5 Å². The van der Waals surface area contributed by atoms with Gasteiger partial charge in [0.1, 0.15) is 5.92 Å².